The molecule has 3 aromatic heterocycles. The summed E-state index contributed by atoms with van der Waals surface area (Å²) < 4.78 is 5.53. The Balaban J connectivity index is 1.72. The van der Waals surface area contributed by atoms with Gasteiger partial charge in [-0.2, -0.15) is 0 Å². The first-order valence-corrected chi connectivity index (χ1v) is 8.84. The molecule has 0 saturated carbocycles. The molecule has 5 nitrogen and oxygen atoms in total. The minimum Gasteiger partial charge on any atom is -0.379 e. The maximum absolute atomic E-state index is 5.53. The van der Waals surface area contributed by atoms with Crippen LogP contribution in [0.2, 0.25) is 0 Å². The first-order chi connectivity index (χ1) is 11.2. The second-order valence-corrected chi connectivity index (χ2v) is 7.15. The van der Waals surface area contributed by atoms with E-state index in [0.717, 1.165) is 54.1 Å². The number of anilines is 1. The highest BCUT2D eigenvalue weighted by Crippen LogP contribution is 2.32. The number of piperidine rings is 1. The zero-order valence-electron chi connectivity index (χ0n) is 13.4. The number of nitrogens with zero attached hydrogens (tertiary/aromatic N) is 3. The van der Waals surface area contributed by atoms with Gasteiger partial charge in [0.1, 0.15) is 11.2 Å². The van der Waals surface area contributed by atoms with Crippen LogP contribution in [0.25, 0.3) is 21.7 Å². The van der Waals surface area contributed by atoms with Crippen molar-refractivity contribution in [3.63, 3.8) is 0 Å². The molecule has 23 heavy (non-hydrogen) atoms. The minimum absolute atomic E-state index is 0.471. The molecule has 1 saturated heterocycles. The van der Waals surface area contributed by atoms with Crippen LogP contribution in [0.15, 0.2) is 28.1 Å². The molecule has 0 aromatic carbocycles. The van der Waals surface area contributed by atoms with E-state index in [-0.39, 0.29) is 0 Å². The van der Waals surface area contributed by atoms with Crippen LogP contribution >= 0.6 is 11.3 Å². The van der Waals surface area contributed by atoms with Crippen molar-refractivity contribution in [3.05, 3.63) is 29.3 Å². The maximum Gasteiger partial charge on any atom is 0.208 e. The Kier molecular flexibility index (Phi) is 3.79. The molecule has 0 radical (unpaired) electrons. The summed E-state index contributed by atoms with van der Waals surface area (Å²) in [5.74, 6) is 0. The molecule has 3 aromatic rings. The maximum atomic E-state index is 5.53. The molecule has 0 atom stereocenters. The van der Waals surface area contributed by atoms with Crippen molar-refractivity contribution >= 4 is 28.1 Å². The molecule has 6 heteroatoms. The van der Waals surface area contributed by atoms with Crippen molar-refractivity contribution in [3.8, 4) is 10.6 Å². The van der Waals surface area contributed by atoms with E-state index in [0.29, 0.717) is 6.04 Å². The normalized spacial score (nSPS) is 17.0. The van der Waals surface area contributed by atoms with Crippen molar-refractivity contribution in [1.82, 2.24) is 15.0 Å². The fraction of sp³-hybridized carbons (Fsp3) is 0.412. The van der Waals surface area contributed by atoms with Crippen molar-refractivity contribution in [2.45, 2.75) is 25.8 Å². The molecule has 4 heterocycles. The van der Waals surface area contributed by atoms with Crippen LogP contribution in [-0.2, 0) is 0 Å². The number of pyridine rings is 1. The summed E-state index contributed by atoms with van der Waals surface area (Å²) in [4.78, 5) is 8.29. The minimum atomic E-state index is 0.471. The van der Waals surface area contributed by atoms with Gasteiger partial charge in [-0.3, -0.25) is 0 Å². The third-order valence-electron chi connectivity index (χ3n) is 4.44. The molecular weight excluding hydrogens is 308 g/mol. The van der Waals surface area contributed by atoms with E-state index < -0.39 is 0 Å². The van der Waals surface area contributed by atoms with Gasteiger partial charge in [-0.15, -0.1) is 11.3 Å². The number of hydrogen-bond donors (Lipinski definition) is 1. The number of thiophene rings is 1. The van der Waals surface area contributed by atoms with Gasteiger partial charge in [-0.1, -0.05) is 11.2 Å². The summed E-state index contributed by atoms with van der Waals surface area (Å²) in [6, 6.07) is 6.72. The van der Waals surface area contributed by atoms with Crippen LogP contribution in [-0.4, -0.2) is 41.2 Å². The van der Waals surface area contributed by atoms with Crippen molar-refractivity contribution < 1.29 is 4.52 Å². The standard InChI is InChI=1S/C17H20N4OS/c1-11-16-17(22-20-11)14(18-12-5-7-21(2)8-6-12)10-13(19-16)15-4-3-9-23-15/h3-4,9-10,12H,5-8H2,1-2H3,(H,18,19). The lowest BCUT2D eigenvalue weighted by Crippen LogP contribution is -2.36. The highest BCUT2D eigenvalue weighted by atomic mass is 32.1. The predicted octanol–water partition coefficient (Wildman–Crippen LogP) is 3.77. The van der Waals surface area contributed by atoms with Crippen LogP contribution in [0.5, 0.6) is 0 Å². The van der Waals surface area contributed by atoms with E-state index in [2.05, 4.69) is 46.0 Å². The fourth-order valence-electron chi connectivity index (χ4n) is 3.06. The fourth-order valence-corrected chi connectivity index (χ4v) is 3.75. The first kappa shape index (κ1) is 14.7. The van der Waals surface area contributed by atoms with Crippen molar-refractivity contribution in [1.29, 1.82) is 0 Å². The number of fused-ring (bicyclic) bond motifs is 1. The lowest BCUT2D eigenvalue weighted by Gasteiger charge is -2.30. The second kappa shape index (κ2) is 5.94. The monoisotopic (exact) mass is 328 g/mol. The Bertz CT molecular complexity index is 803. The zero-order chi connectivity index (χ0) is 15.8. The van der Waals surface area contributed by atoms with E-state index in [4.69, 9.17) is 9.51 Å². The number of aromatic nitrogens is 2. The SMILES string of the molecule is Cc1noc2c(NC3CCN(C)CC3)cc(-c3cccs3)nc12. The Morgan fingerprint density at radius 3 is 2.91 bits per heavy atom. The largest absolute Gasteiger partial charge is 0.379 e. The highest BCUT2D eigenvalue weighted by Gasteiger charge is 2.20. The van der Waals surface area contributed by atoms with Gasteiger partial charge in [-0.05, 0) is 57.4 Å². The molecule has 0 amide bonds. The number of aryl methyl sites for hydroxylation is 1. The molecule has 0 aliphatic carbocycles. The molecule has 1 aliphatic rings. The summed E-state index contributed by atoms with van der Waals surface area (Å²) in [5.41, 5.74) is 4.45. The molecule has 4 rings (SSSR count). The average molecular weight is 328 g/mol. The molecule has 120 valence electrons. The summed E-state index contributed by atoms with van der Waals surface area (Å²) in [5, 5.41) is 9.84. The summed E-state index contributed by atoms with van der Waals surface area (Å²) in [7, 11) is 2.18. The lowest BCUT2D eigenvalue weighted by atomic mass is 10.0. The second-order valence-electron chi connectivity index (χ2n) is 6.20. The smallest absolute Gasteiger partial charge is 0.208 e. The third-order valence-corrected chi connectivity index (χ3v) is 5.33. The Labute approximate surface area is 139 Å². The van der Waals surface area contributed by atoms with Crippen LogP contribution < -0.4 is 5.32 Å². The average Bonchev–Trinajstić information content (AvgIpc) is 3.20. The topological polar surface area (TPSA) is 54.2 Å². The lowest BCUT2D eigenvalue weighted by molar-refractivity contribution is 0.264. The molecule has 0 bridgehead atoms. The van der Waals surface area contributed by atoms with Gasteiger partial charge in [0.05, 0.1) is 16.3 Å². The first-order valence-electron chi connectivity index (χ1n) is 7.96. The number of likely N-dealkylation sites (tertiary alicyclic amines) is 1. The number of nitrogens with one attached hydrogen (secondary N) is 1. The van der Waals surface area contributed by atoms with Gasteiger partial charge < -0.3 is 14.7 Å². The van der Waals surface area contributed by atoms with E-state index >= 15 is 0 Å². The predicted molar refractivity (Wildman–Crippen MR) is 94.0 cm³/mol. The van der Waals surface area contributed by atoms with E-state index in [1.54, 1.807) is 11.3 Å². The summed E-state index contributed by atoms with van der Waals surface area (Å²) in [6.07, 6.45) is 2.28. The zero-order valence-corrected chi connectivity index (χ0v) is 14.2. The Morgan fingerprint density at radius 1 is 1.35 bits per heavy atom. The molecule has 1 fully saturated rings. The quantitative estimate of drug-likeness (QED) is 0.793. The molecule has 1 aliphatic heterocycles. The van der Waals surface area contributed by atoms with Crippen LogP contribution in [0.4, 0.5) is 5.69 Å². The van der Waals surface area contributed by atoms with E-state index in [1.165, 1.54) is 4.88 Å². The molecule has 0 unspecified atom stereocenters. The van der Waals surface area contributed by atoms with Crippen LogP contribution in [0.3, 0.4) is 0 Å². The molecule has 1 N–H and O–H groups in total. The van der Waals surface area contributed by atoms with E-state index in [1.807, 2.05) is 6.92 Å². The van der Waals surface area contributed by atoms with Gasteiger partial charge in [-0.25, -0.2) is 4.98 Å². The van der Waals surface area contributed by atoms with Gasteiger partial charge in [0.15, 0.2) is 0 Å². The third kappa shape index (κ3) is 2.84. The Hall–Kier alpha value is -1.92. The molecule has 0 spiro atoms. The van der Waals surface area contributed by atoms with Gasteiger partial charge in [0, 0.05) is 6.04 Å². The van der Waals surface area contributed by atoms with Gasteiger partial charge >= 0.3 is 0 Å². The summed E-state index contributed by atoms with van der Waals surface area (Å²) in [6.45, 7) is 4.19. The Morgan fingerprint density at radius 2 is 2.17 bits per heavy atom. The van der Waals surface area contributed by atoms with Gasteiger partial charge in [0.2, 0.25) is 5.58 Å². The number of rotatable bonds is 3. The number of hydrogen-bond acceptors (Lipinski definition) is 6. The molecular formula is C17H20N4OS. The van der Waals surface area contributed by atoms with Crippen LogP contribution in [0.1, 0.15) is 18.5 Å². The summed E-state index contributed by atoms with van der Waals surface area (Å²) >= 11 is 1.70. The van der Waals surface area contributed by atoms with Crippen molar-refractivity contribution in [2.24, 2.45) is 0 Å². The van der Waals surface area contributed by atoms with Gasteiger partial charge in [0.25, 0.3) is 0 Å². The van der Waals surface area contributed by atoms with Crippen LogP contribution in [0, 0.1) is 6.92 Å². The highest BCUT2D eigenvalue weighted by molar-refractivity contribution is 7.13. The van der Waals surface area contributed by atoms with E-state index in [9.17, 15) is 0 Å². The van der Waals surface area contributed by atoms with Crippen molar-refractivity contribution in [2.75, 3.05) is 25.5 Å².